The van der Waals surface area contributed by atoms with Crippen molar-refractivity contribution >= 4 is 50.7 Å². The molecule has 184 valence electrons. The van der Waals surface area contributed by atoms with Gasteiger partial charge in [0.05, 0.1) is 23.0 Å². The molecule has 0 saturated heterocycles. The van der Waals surface area contributed by atoms with Crippen LogP contribution in [-0.2, 0) is 20.7 Å². The van der Waals surface area contributed by atoms with E-state index in [1.165, 1.54) is 6.07 Å². The van der Waals surface area contributed by atoms with Gasteiger partial charge < -0.3 is 5.11 Å². The second kappa shape index (κ2) is 11.0. The van der Waals surface area contributed by atoms with Gasteiger partial charge in [-0.15, -0.1) is 0 Å². The van der Waals surface area contributed by atoms with Crippen LogP contribution in [0.3, 0.4) is 0 Å². The minimum absolute atomic E-state index is 0.191. The highest BCUT2D eigenvalue weighted by molar-refractivity contribution is 7.86. The largest absolute Gasteiger partial charge is 0.478 e. The van der Waals surface area contributed by atoms with Crippen molar-refractivity contribution in [2.45, 2.75) is 18.9 Å². The maximum Gasteiger partial charge on any atom is 0.335 e. The van der Waals surface area contributed by atoms with Gasteiger partial charge in [0.2, 0.25) is 0 Å². The van der Waals surface area contributed by atoms with Gasteiger partial charge >= 0.3 is 5.97 Å². The molecular weight excluding hydrogens is 498 g/mol. The van der Waals surface area contributed by atoms with Crippen LogP contribution in [0.25, 0.3) is 23.1 Å². The Kier molecular flexibility index (Phi) is 7.84. The first-order valence-corrected chi connectivity index (χ1v) is 13.4. The molecule has 6 nitrogen and oxygen atoms in total. The summed E-state index contributed by atoms with van der Waals surface area (Å²) >= 11 is 6.08. The zero-order valence-corrected chi connectivity index (χ0v) is 21.0. The number of carboxylic acid groups (broad SMARTS) is 1. The molecule has 4 aromatic rings. The van der Waals surface area contributed by atoms with Crippen molar-refractivity contribution in [1.82, 2.24) is 4.98 Å². The number of hydrogen-bond acceptors (Lipinski definition) is 5. The van der Waals surface area contributed by atoms with Crippen molar-refractivity contribution in [1.29, 1.82) is 0 Å². The molecule has 0 amide bonds. The Morgan fingerprint density at radius 3 is 2.58 bits per heavy atom. The monoisotopic (exact) mass is 521 g/mol. The van der Waals surface area contributed by atoms with E-state index in [9.17, 15) is 18.3 Å². The molecule has 1 aromatic heterocycles. The van der Waals surface area contributed by atoms with Crippen LogP contribution in [0.15, 0.2) is 78.9 Å². The molecule has 0 fully saturated rings. The minimum atomic E-state index is -3.75. The Hall–Kier alpha value is -3.52. The zero-order chi connectivity index (χ0) is 25.7. The van der Waals surface area contributed by atoms with Crippen molar-refractivity contribution in [3.05, 3.63) is 112 Å². The highest BCUT2D eigenvalue weighted by Gasteiger charge is 2.20. The summed E-state index contributed by atoms with van der Waals surface area (Å²) in [5.41, 5.74) is 3.87. The van der Waals surface area contributed by atoms with Gasteiger partial charge in [-0.25, -0.2) is 9.78 Å². The van der Waals surface area contributed by atoms with Crippen molar-refractivity contribution < 1.29 is 22.5 Å². The first-order valence-electron chi connectivity index (χ1n) is 11.2. The Morgan fingerprint density at radius 2 is 1.81 bits per heavy atom. The van der Waals surface area contributed by atoms with Crippen LogP contribution in [0.4, 0.5) is 0 Å². The molecule has 0 aliphatic heterocycles. The van der Waals surface area contributed by atoms with E-state index in [1.54, 1.807) is 24.3 Å². The van der Waals surface area contributed by atoms with Crippen molar-refractivity contribution in [3.63, 3.8) is 0 Å². The van der Waals surface area contributed by atoms with Gasteiger partial charge in [-0.3, -0.25) is 4.18 Å². The fraction of sp³-hybridized carbons (Fsp3) is 0.143. The number of benzene rings is 3. The summed E-state index contributed by atoms with van der Waals surface area (Å²) < 4.78 is 29.4. The third-order valence-electron chi connectivity index (χ3n) is 5.62. The normalized spacial score (nSPS) is 12.7. The lowest BCUT2D eigenvalue weighted by Gasteiger charge is -2.18. The number of aromatic nitrogens is 1. The van der Waals surface area contributed by atoms with Crippen LogP contribution in [0, 0.1) is 0 Å². The SMILES string of the molecule is CS(=O)(=O)O[C@@H](CCc1ccccc1C(=O)O)c1cccc(C=Cc2ccc3ccc(Cl)cc3n2)c1. The third-order valence-corrected chi connectivity index (χ3v) is 6.44. The van der Waals surface area contributed by atoms with Crippen LogP contribution in [-0.4, -0.2) is 30.7 Å². The number of rotatable bonds is 9. The molecule has 0 saturated carbocycles. The van der Waals surface area contributed by atoms with E-state index in [-0.39, 0.29) is 12.0 Å². The molecule has 1 heterocycles. The van der Waals surface area contributed by atoms with Gasteiger partial charge in [0.1, 0.15) is 6.10 Å². The maximum atomic E-state index is 12.0. The Balaban J connectivity index is 1.58. The fourth-order valence-electron chi connectivity index (χ4n) is 3.96. The summed E-state index contributed by atoms with van der Waals surface area (Å²) in [5, 5.41) is 11.1. The standard InChI is InChI=1S/C28H24ClNO5S/c1-36(33,34)35-27(16-12-20-6-2-3-8-25(20)28(31)32)22-7-4-5-19(17-22)9-14-24-15-11-21-10-13-23(29)18-26(21)30-24/h2-11,13-15,17-18,27H,12,16H2,1H3,(H,31,32)/t27-/m0/s1. The number of carbonyl (C=O) groups is 1. The molecule has 8 heteroatoms. The molecule has 0 spiro atoms. The minimum Gasteiger partial charge on any atom is -0.478 e. The number of aryl methyl sites for hydroxylation is 1. The summed E-state index contributed by atoms with van der Waals surface area (Å²) in [6.07, 6.45) is 4.63. The molecule has 1 N–H and O–H groups in total. The summed E-state index contributed by atoms with van der Waals surface area (Å²) in [7, 11) is -3.75. The van der Waals surface area contributed by atoms with Gasteiger partial charge in [0.15, 0.2) is 0 Å². The van der Waals surface area contributed by atoms with Crippen LogP contribution >= 0.6 is 11.6 Å². The molecule has 0 radical (unpaired) electrons. The molecule has 4 rings (SSSR count). The Labute approximate surface area is 215 Å². The van der Waals surface area contributed by atoms with E-state index >= 15 is 0 Å². The van der Waals surface area contributed by atoms with E-state index in [1.807, 2.05) is 60.7 Å². The average molecular weight is 522 g/mol. The first kappa shape index (κ1) is 25.6. The maximum absolute atomic E-state index is 12.0. The van der Waals surface area contributed by atoms with Crippen LogP contribution < -0.4 is 0 Å². The van der Waals surface area contributed by atoms with Gasteiger partial charge in [-0.2, -0.15) is 8.42 Å². The zero-order valence-electron chi connectivity index (χ0n) is 19.5. The first-order chi connectivity index (χ1) is 17.2. The summed E-state index contributed by atoms with van der Waals surface area (Å²) in [4.78, 5) is 16.2. The number of fused-ring (bicyclic) bond motifs is 1. The van der Waals surface area contributed by atoms with Crippen LogP contribution in [0.1, 0.15) is 45.3 Å². The molecule has 3 aromatic carbocycles. The lowest BCUT2D eigenvalue weighted by molar-refractivity contribution is 0.0695. The Morgan fingerprint density at radius 1 is 1.03 bits per heavy atom. The second-order valence-electron chi connectivity index (χ2n) is 8.37. The van der Waals surface area contributed by atoms with Crippen molar-refractivity contribution in [2.75, 3.05) is 6.26 Å². The molecule has 0 aliphatic rings. The molecule has 0 aliphatic carbocycles. The molecular formula is C28H24ClNO5S. The number of hydrogen-bond donors (Lipinski definition) is 1. The summed E-state index contributed by atoms with van der Waals surface area (Å²) in [6.45, 7) is 0. The van der Waals surface area contributed by atoms with Crippen molar-refractivity contribution in [3.8, 4) is 0 Å². The highest BCUT2D eigenvalue weighted by atomic mass is 35.5. The molecule has 36 heavy (non-hydrogen) atoms. The van der Waals surface area contributed by atoms with Crippen molar-refractivity contribution in [2.24, 2.45) is 0 Å². The quantitative estimate of drug-likeness (QED) is 0.256. The van der Waals surface area contributed by atoms with Crippen LogP contribution in [0.2, 0.25) is 5.02 Å². The summed E-state index contributed by atoms with van der Waals surface area (Å²) in [6, 6.07) is 23.5. The fourth-order valence-corrected chi connectivity index (χ4v) is 4.75. The van der Waals surface area contributed by atoms with Gasteiger partial charge in [-0.05, 0) is 65.9 Å². The highest BCUT2D eigenvalue weighted by Crippen LogP contribution is 2.27. The number of halogens is 1. The molecule has 0 unspecified atom stereocenters. The second-order valence-corrected chi connectivity index (χ2v) is 10.4. The van der Waals surface area contributed by atoms with E-state index in [4.69, 9.17) is 15.8 Å². The van der Waals surface area contributed by atoms with Gasteiger partial charge in [0.25, 0.3) is 10.1 Å². The predicted molar refractivity (Wildman–Crippen MR) is 143 cm³/mol. The van der Waals surface area contributed by atoms with E-state index in [0.29, 0.717) is 22.6 Å². The Bertz CT molecular complexity index is 1550. The lowest BCUT2D eigenvalue weighted by Crippen LogP contribution is -2.12. The van der Waals surface area contributed by atoms with Gasteiger partial charge in [-0.1, -0.05) is 66.2 Å². The summed E-state index contributed by atoms with van der Waals surface area (Å²) in [5.74, 6) is -1.03. The predicted octanol–water partition coefficient (Wildman–Crippen LogP) is 6.41. The molecule has 0 bridgehead atoms. The average Bonchev–Trinajstić information content (AvgIpc) is 2.84. The number of aromatic carboxylic acids is 1. The topological polar surface area (TPSA) is 93.6 Å². The van der Waals surface area contributed by atoms with E-state index < -0.39 is 22.2 Å². The number of pyridine rings is 1. The van der Waals surface area contributed by atoms with Gasteiger partial charge in [0, 0.05) is 10.4 Å². The molecule has 1 atom stereocenters. The van der Waals surface area contributed by atoms with Crippen LogP contribution in [0.5, 0.6) is 0 Å². The number of nitrogens with zero attached hydrogens (tertiary/aromatic N) is 1. The third kappa shape index (κ3) is 6.79. The lowest BCUT2D eigenvalue weighted by atomic mass is 9.97. The van der Waals surface area contributed by atoms with E-state index in [0.717, 1.165) is 28.4 Å². The number of carboxylic acids is 1. The smallest absolute Gasteiger partial charge is 0.335 e. The van der Waals surface area contributed by atoms with E-state index in [2.05, 4.69) is 4.98 Å².